The van der Waals surface area contributed by atoms with Crippen LogP contribution in [0.25, 0.3) is 10.9 Å². The van der Waals surface area contributed by atoms with E-state index in [9.17, 15) is 4.79 Å². The van der Waals surface area contributed by atoms with E-state index in [1.807, 2.05) is 42.1 Å². The molecule has 3 rings (SSSR count). The highest BCUT2D eigenvalue weighted by Crippen LogP contribution is 2.18. The number of pyridine rings is 1. The molecule has 22 heavy (non-hydrogen) atoms. The number of aromatic nitrogens is 3. The summed E-state index contributed by atoms with van der Waals surface area (Å²) in [6, 6.07) is 9.42. The Morgan fingerprint density at radius 3 is 2.95 bits per heavy atom. The van der Waals surface area contributed by atoms with E-state index < -0.39 is 0 Å². The average molecular weight is 295 g/mol. The number of hydrogen-bond acceptors (Lipinski definition) is 4. The maximum atomic E-state index is 12.0. The Morgan fingerprint density at radius 1 is 1.32 bits per heavy atom. The SMILES string of the molecule is Cn1ccnc1CNC(=O)Cc1ccc2cccc(N)c2n1. The first-order valence-corrected chi connectivity index (χ1v) is 7.00. The van der Waals surface area contributed by atoms with Gasteiger partial charge in [0, 0.05) is 24.8 Å². The number of benzene rings is 1. The van der Waals surface area contributed by atoms with Gasteiger partial charge in [-0.3, -0.25) is 9.78 Å². The highest BCUT2D eigenvalue weighted by Gasteiger charge is 2.08. The van der Waals surface area contributed by atoms with Crippen LogP contribution in [0.1, 0.15) is 11.5 Å². The summed E-state index contributed by atoms with van der Waals surface area (Å²) >= 11 is 0. The van der Waals surface area contributed by atoms with Crippen molar-refractivity contribution in [3.8, 4) is 0 Å². The number of para-hydroxylation sites is 1. The first-order chi connectivity index (χ1) is 10.6. The van der Waals surface area contributed by atoms with Gasteiger partial charge < -0.3 is 15.6 Å². The number of aryl methyl sites for hydroxylation is 1. The molecular formula is C16H17N5O. The van der Waals surface area contributed by atoms with E-state index in [0.717, 1.165) is 16.7 Å². The molecule has 0 spiro atoms. The van der Waals surface area contributed by atoms with Crippen molar-refractivity contribution in [2.24, 2.45) is 7.05 Å². The standard InChI is InChI=1S/C16H17N5O/c1-21-8-7-18-14(21)10-19-15(22)9-12-6-5-11-3-2-4-13(17)16(11)20-12/h2-8H,9-10,17H2,1H3,(H,19,22). The molecule has 0 fully saturated rings. The van der Waals surface area contributed by atoms with Crippen LogP contribution in [-0.4, -0.2) is 20.4 Å². The third-order valence-electron chi connectivity index (χ3n) is 3.52. The van der Waals surface area contributed by atoms with E-state index >= 15 is 0 Å². The van der Waals surface area contributed by atoms with Crippen LogP contribution in [0.2, 0.25) is 0 Å². The van der Waals surface area contributed by atoms with Gasteiger partial charge in [-0.1, -0.05) is 18.2 Å². The average Bonchev–Trinajstić information content (AvgIpc) is 2.91. The molecule has 0 unspecified atom stereocenters. The molecule has 0 bridgehead atoms. The Hall–Kier alpha value is -2.89. The Morgan fingerprint density at radius 2 is 2.18 bits per heavy atom. The van der Waals surface area contributed by atoms with Gasteiger partial charge in [-0.15, -0.1) is 0 Å². The number of carbonyl (C=O) groups excluding carboxylic acids is 1. The number of amides is 1. The summed E-state index contributed by atoms with van der Waals surface area (Å²) in [6.07, 6.45) is 3.76. The minimum absolute atomic E-state index is 0.0932. The predicted molar refractivity (Wildman–Crippen MR) is 84.9 cm³/mol. The lowest BCUT2D eigenvalue weighted by molar-refractivity contribution is -0.120. The Labute approximate surface area is 128 Å². The van der Waals surface area contributed by atoms with Crippen LogP contribution < -0.4 is 11.1 Å². The number of imidazole rings is 1. The molecular weight excluding hydrogens is 278 g/mol. The van der Waals surface area contributed by atoms with Crippen LogP contribution >= 0.6 is 0 Å². The number of rotatable bonds is 4. The molecule has 6 heteroatoms. The largest absolute Gasteiger partial charge is 0.397 e. The molecule has 6 nitrogen and oxygen atoms in total. The highest BCUT2D eigenvalue weighted by molar-refractivity contribution is 5.89. The predicted octanol–water partition coefficient (Wildman–Crippen LogP) is 1.41. The zero-order valence-corrected chi connectivity index (χ0v) is 12.3. The molecule has 3 aromatic rings. The Bertz CT molecular complexity index is 824. The van der Waals surface area contributed by atoms with Crippen molar-refractivity contribution in [1.29, 1.82) is 0 Å². The molecule has 2 heterocycles. The molecule has 0 radical (unpaired) electrons. The molecule has 112 valence electrons. The molecule has 1 aromatic carbocycles. The lowest BCUT2D eigenvalue weighted by Gasteiger charge is -2.07. The van der Waals surface area contributed by atoms with E-state index in [2.05, 4.69) is 15.3 Å². The van der Waals surface area contributed by atoms with Crippen molar-refractivity contribution in [3.05, 3.63) is 54.2 Å². The van der Waals surface area contributed by atoms with Gasteiger partial charge in [-0.2, -0.15) is 0 Å². The van der Waals surface area contributed by atoms with Gasteiger partial charge >= 0.3 is 0 Å². The molecule has 0 aliphatic carbocycles. The summed E-state index contributed by atoms with van der Waals surface area (Å²) in [5, 5.41) is 3.81. The highest BCUT2D eigenvalue weighted by atomic mass is 16.1. The van der Waals surface area contributed by atoms with Crippen LogP contribution in [0.4, 0.5) is 5.69 Å². The van der Waals surface area contributed by atoms with E-state index in [1.54, 1.807) is 12.3 Å². The summed E-state index contributed by atoms with van der Waals surface area (Å²) < 4.78 is 1.87. The van der Waals surface area contributed by atoms with Crippen LogP contribution in [0.3, 0.4) is 0 Å². The molecule has 0 aliphatic heterocycles. The van der Waals surface area contributed by atoms with Crippen LogP contribution in [0, 0.1) is 0 Å². The monoisotopic (exact) mass is 295 g/mol. The normalized spacial score (nSPS) is 10.8. The minimum Gasteiger partial charge on any atom is -0.397 e. The smallest absolute Gasteiger partial charge is 0.226 e. The van der Waals surface area contributed by atoms with Crippen LogP contribution in [0.15, 0.2) is 42.7 Å². The van der Waals surface area contributed by atoms with Gasteiger partial charge in [0.15, 0.2) is 0 Å². The van der Waals surface area contributed by atoms with E-state index in [1.165, 1.54) is 0 Å². The summed E-state index contributed by atoms with van der Waals surface area (Å²) in [5.41, 5.74) is 7.97. The number of anilines is 1. The zero-order valence-electron chi connectivity index (χ0n) is 12.3. The quantitative estimate of drug-likeness (QED) is 0.713. The van der Waals surface area contributed by atoms with Crippen molar-refractivity contribution >= 4 is 22.5 Å². The fourth-order valence-electron chi connectivity index (χ4n) is 2.28. The first kappa shape index (κ1) is 14.1. The maximum absolute atomic E-state index is 12.0. The Kier molecular flexibility index (Phi) is 3.74. The molecule has 3 N–H and O–H groups in total. The van der Waals surface area contributed by atoms with E-state index in [0.29, 0.717) is 17.9 Å². The second-order valence-electron chi connectivity index (χ2n) is 5.13. The van der Waals surface area contributed by atoms with E-state index in [-0.39, 0.29) is 12.3 Å². The molecule has 0 saturated heterocycles. The van der Waals surface area contributed by atoms with Gasteiger partial charge in [-0.25, -0.2) is 4.98 Å². The molecule has 2 aromatic heterocycles. The number of nitrogens with zero attached hydrogens (tertiary/aromatic N) is 3. The van der Waals surface area contributed by atoms with Crippen LogP contribution in [-0.2, 0) is 24.8 Å². The fraction of sp³-hybridized carbons (Fsp3) is 0.188. The van der Waals surface area contributed by atoms with Crippen molar-refractivity contribution < 1.29 is 4.79 Å². The topological polar surface area (TPSA) is 85.8 Å². The fourth-order valence-corrected chi connectivity index (χ4v) is 2.28. The lowest BCUT2D eigenvalue weighted by Crippen LogP contribution is -2.26. The van der Waals surface area contributed by atoms with Crippen molar-refractivity contribution in [2.75, 3.05) is 5.73 Å². The van der Waals surface area contributed by atoms with Gasteiger partial charge in [0.2, 0.25) is 5.91 Å². The second-order valence-corrected chi connectivity index (χ2v) is 5.13. The summed E-state index contributed by atoms with van der Waals surface area (Å²) in [7, 11) is 1.89. The number of fused-ring (bicyclic) bond motifs is 1. The van der Waals surface area contributed by atoms with Crippen molar-refractivity contribution in [1.82, 2.24) is 19.9 Å². The minimum atomic E-state index is -0.0932. The number of nitrogens with one attached hydrogen (secondary N) is 1. The van der Waals surface area contributed by atoms with Gasteiger partial charge in [0.1, 0.15) is 5.82 Å². The molecule has 0 atom stereocenters. The zero-order chi connectivity index (χ0) is 15.5. The lowest BCUT2D eigenvalue weighted by atomic mass is 10.1. The third kappa shape index (κ3) is 2.90. The van der Waals surface area contributed by atoms with Crippen molar-refractivity contribution in [2.45, 2.75) is 13.0 Å². The van der Waals surface area contributed by atoms with Crippen LogP contribution in [0.5, 0.6) is 0 Å². The van der Waals surface area contributed by atoms with Gasteiger partial charge in [0.05, 0.1) is 29.9 Å². The van der Waals surface area contributed by atoms with Gasteiger partial charge in [0.25, 0.3) is 0 Å². The summed E-state index contributed by atoms with van der Waals surface area (Å²) in [6.45, 7) is 0.401. The first-order valence-electron chi connectivity index (χ1n) is 7.00. The summed E-state index contributed by atoms with van der Waals surface area (Å²) in [5.74, 6) is 0.716. The molecule has 0 aliphatic rings. The Balaban J connectivity index is 1.69. The number of nitrogens with two attached hydrogens (primary N) is 1. The van der Waals surface area contributed by atoms with Crippen molar-refractivity contribution in [3.63, 3.8) is 0 Å². The number of carbonyl (C=O) groups is 1. The second kappa shape index (κ2) is 5.85. The number of nitrogen functional groups attached to an aromatic ring is 1. The van der Waals surface area contributed by atoms with E-state index in [4.69, 9.17) is 5.73 Å². The van der Waals surface area contributed by atoms with Gasteiger partial charge in [-0.05, 0) is 12.1 Å². The summed E-state index contributed by atoms with van der Waals surface area (Å²) in [4.78, 5) is 20.7. The third-order valence-corrected chi connectivity index (χ3v) is 3.52. The molecule has 0 saturated carbocycles. The molecule has 1 amide bonds. The number of hydrogen-bond donors (Lipinski definition) is 2. The maximum Gasteiger partial charge on any atom is 0.226 e.